The van der Waals surface area contributed by atoms with E-state index < -0.39 is 0 Å². The molecule has 0 N–H and O–H groups in total. The number of imidazole rings is 1. The molecule has 0 aliphatic heterocycles. The normalized spacial score (nSPS) is 11.0. The van der Waals surface area contributed by atoms with Gasteiger partial charge in [0, 0.05) is 11.3 Å². The number of nitrogens with zero attached hydrogens (tertiary/aromatic N) is 2. The Morgan fingerprint density at radius 3 is 2.57 bits per heavy atom. The van der Waals surface area contributed by atoms with E-state index in [-0.39, 0.29) is 5.91 Å². The second-order valence-corrected chi connectivity index (χ2v) is 5.78. The van der Waals surface area contributed by atoms with Gasteiger partial charge in [0.05, 0.1) is 11.0 Å². The van der Waals surface area contributed by atoms with Crippen LogP contribution in [-0.2, 0) is 5.75 Å². The fourth-order valence-electron chi connectivity index (χ4n) is 2.44. The van der Waals surface area contributed by atoms with Crippen LogP contribution in [0.5, 0.6) is 0 Å². The maximum Gasteiger partial charge on any atom is 0.263 e. The number of hydrogen-bond acceptors (Lipinski definition) is 3. The number of thioether (sulfide) groups is 1. The zero-order chi connectivity index (χ0) is 14.8. The van der Waals surface area contributed by atoms with Crippen LogP contribution in [0.25, 0.3) is 11.0 Å². The second-order valence-electron chi connectivity index (χ2n) is 4.92. The largest absolute Gasteiger partial charge is 0.268 e. The van der Waals surface area contributed by atoms with Gasteiger partial charge in [-0.05, 0) is 43.0 Å². The maximum absolute atomic E-state index is 12.7. The molecular weight excluding hydrogens is 280 g/mol. The quantitative estimate of drug-likeness (QED) is 0.735. The van der Waals surface area contributed by atoms with Crippen molar-refractivity contribution >= 4 is 28.7 Å². The highest BCUT2D eigenvalue weighted by atomic mass is 32.2. The molecule has 0 saturated heterocycles. The Labute approximate surface area is 128 Å². The lowest BCUT2D eigenvalue weighted by atomic mass is 10.1. The number of aryl methyl sites for hydroxylation is 1. The molecule has 106 valence electrons. The van der Waals surface area contributed by atoms with Crippen molar-refractivity contribution in [2.45, 2.75) is 12.7 Å². The Kier molecular flexibility index (Phi) is 3.80. The number of fused-ring (bicyclic) bond motifs is 1. The summed E-state index contributed by atoms with van der Waals surface area (Å²) in [6.07, 6.45) is 2.07. The van der Waals surface area contributed by atoms with E-state index in [1.807, 2.05) is 55.5 Å². The first-order valence-corrected chi connectivity index (χ1v) is 8.17. The third-order valence-electron chi connectivity index (χ3n) is 3.44. The second kappa shape index (κ2) is 5.74. The maximum atomic E-state index is 12.7. The van der Waals surface area contributed by atoms with Crippen molar-refractivity contribution in [3.63, 3.8) is 0 Å². The van der Waals surface area contributed by atoms with Gasteiger partial charge in [-0.2, -0.15) is 11.8 Å². The van der Waals surface area contributed by atoms with E-state index in [2.05, 4.69) is 11.2 Å². The summed E-state index contributed by atoms with van der Waals surface area (Å²) >= 11 is 1.77. The highest BCUT2D eigenvalue weighted by molar-refractivity contribution is 7.97. The Hall–Kier alpha value is -2.07. The van der Waals surface area contributed by atoms with Crippen molar-refractivity contribution < 1.29 is 4.79 Å². The van der Waals surface area contributed by atoms with Gasteiger partial charge in [-0.3, -0.25) is 9.36 Å². The Bertz CT molecular complexity index is 790. The van der Waals surface area contributed by atoms with Crippen LogP contribution >= 0.6 is 11.8 Å². The molecular formula is C17H16N2OS. The van der Waals surface area contributed by atoms with E-state index in [1.54, 1.807) is 16.3 Å². The molecule has 2 aromatic carbocycles. The third kappa shape index (κ3) is 2.59. The molecule has 0 radical (unpaired) electrons. The minimum atomic E-state index is -0.0306. The molecule has 0 aliphatic carbocycles. The monoisotopic (exact) mass is 296 g/mol. The van der Waals surface area contributed by atoms with Crippen LogP contribution in [0.3, 0.4) is 0 Å². The van der Waals surface area contributed by atoms with Gasteiger partial charge in [0.1, 0.15) is 5.82 Å². The third-order valence-corrected chi connectivity index (χ3v) is 4.07. The van der Waals surface area contributed by atoms with Gasteiger partial charge in [-0.25, -0.2) is 4.98 Å². The first-order valence-electron chi connectivity index (χ1n) is 6.77. The van der Waals surface area contributed by atoms with Gasteiger partial charge < -0.3 is 0 Å². The van der Waals surface area contributed by atoms with Crippen LogP contribution in [0.1, 0.15) is 21.7 Å². The number of aromatic nitrogens is 2. The van der Waals surface area contributed by atoms with Crippen molar-refractivity contribution in [1.82, 2.24) is 9.55 Å². The zero-order valence-corrected chi connectivity index (χ0v) is 12.9. The minimum absolute atomic E-state index is 0.0306. The molecule has 0 atom stereocenters. The molecule has 0 bridgehead atoms. The van der Waals surface area contributed by atoms with Crippen molar-refractivity contribution in [2.24, 2.45) is 0 Å². The summed E-state index contributed by atoms with van der Waals surface area (Å²) in [5.41, 5.74) is 3.62. The lowest BCUT2D eigenvalue weighted by molar-refractivity contribution is 0.0962. The molecule has 0 amide bonds. The van der Waals surface area contributed by atoms with Crippen LogP contribution in [0, 0.1) is 6.92 Å². The average molecular weight is 296 g/mol. The average Bonchev–Trinajstić information content (AvgIpc) is 2.83. The van der Waals surface area contributed by atoms with Crippen LogP contribution in [0.4, 0.5) is 0 Å². The van der Waals surface area contributed by atoms with Gasteiger partial charge in [-0.1, -0.05) is 24.3 Å². The minimum Gasteiger partial charge on any atom is -0.268 e. The van der Waals surface area contributed by atoms with Crippen LogP contribution < -0.4 is 0 Å². The van der Waals surface area contributed by atoms with Gasteiger partial charge >= 0.3 is 0 Å². The molecule has 1 heterocycles. The number of benzene rings is 2. The summed E-state index contributed by atoms with van der Waals surface area (Å²) in [7, 11) is 0. The number of hydrogen-bond donors (Lipinski definition) is 0. The zero-order valence-electron chi connectivity index (χ0n) is 12.0. The summed E-state index contributed by atoms with van der Waals surface area (Å²) in [5, 5.41) is 0. The Balaban J connectivity index is 2.02. The first-order chi connectivity index (χ1) is 10.2. The van der Waals surface area contributed by atoms with Crippen molar-refractivity contribution in [3.8, 4) is 0 Å². The fraction of sp³-hybridized carbons (Fsp3) is 0.176. The van der Waals surface area contributed by atoms with Crippen molar-refractivity contribution in [2.75, 3.05) is 6.26 Å². The lowest BCUT2D eigenvalue weighted by Crippen LogP contribution is -2.13. The van der Waals surface area contributed by atoms with E-state index in [0.717, 1.165) is 22.6 Å². The number of rotatable bonds is 3. The van der Waals surface area contributed by atoms with Crippen LogP contribution in [0.15, 0.2) is 48.5 Å². The fourth-order valence-corrected chi connectivity index (χ4v) is 2.97. The number of carbonyl (C=O) groups is 1. The van der Waals surface area contributed by atoms with Crippen molar-refractivity contribution in [3.05, 3.63) is 65.5 Å². The summed E-state index contributed by atoms with van der Waals surface area (Å²) in [5.74, 6) is 1.65. The number of carbonyl (C=O) groups excluding carboxylic acids is 1. The molecule has 1 aromatic heterocycles. The SMILES string of the molecule is CSCc1ccc(C(=O)n2c(C)nc3ccccc32)cc1. The van der Waals surface area contributed by atoms with E-state index >= 15 is 0 Å². The van der Waals surface area contributed by atoms with Crippen LogP contribution in [-0.4, -0.2) is 21.7 Å². The first kappa shape index (κ1) is 13.9. The molecule has 4 heteroatoms. The molecule has 0 saturated carbocycles. The Morgan fingerprint density at radius 1 is 1.14 bits per heavy atom. The van der Waals surface area contributed by atoms with Gasteiger partial charge in [0.2, 0.25) is 0 Å². The summed E-state index contributed by atoms with van der Waals surface area (Å²) in [4.78, 5) is 17.2. The highest BCUT2D eigenvalue weighted by Crippen LogP contribution is 2.18. The smallest absolute Gasteiger partial charge is 0.263 e. The van der Waals surface area contributed by atoms with E-state index in [0.29, 0.717) is 5.56 Å². The van der Waals surface area contributed by atoms with Crippen LogP contribution in [0.2, 0.25) is 0 Å². The van der Waals surface area contributed by atoms with E-state index in [1.165, 1.54) is 5.56 Å². The lowest BCUT2D eigenvalue weighted by Gasteiger charge is -2.06. The summed E-state index contributed by atoms with van der Waals surface area (Å²) in [6, 6.07) is 15.5. The van der Waals surface area contributed by atoms with Gasteiger partial charge in [0.25, 0.3) is 5.91 Å². The molecule has 21 heavy (non-hydrogen) atoms. The van der Waals surface area contributed by atoms with E-state index in [9.17, 15) is 4.79 Å². The number of para-hydroxylation sites is 2. The molecule has 0 fully saturated rings. The standard InChI is InChI=1S/C17H16N2OS/c1-12-18-15-5-3-4-6-16(15)19(12)17(20)14-9-7-13(8-10-14)11-21-2/h3-10H,11H2,1-2H3. The van der Waals surface area contributed by atoms with Gasteiger partial charge in [-0.15, -0.1) is 0 Å². The van der Waals surface area contributed by atoms with E-state index in [4.69, 9.17) is 0 Å². The molecule has 0 spiro atoms. The molecule has 0 aliphatic rings. The Morgan fingerprint density at radius 2 is 1.86 bits per heavy atom. The molecule has 3 rings (SSSR count). The summed E-state index contributed by atoms with van der Waals surface area (Å²) < 4.78 is 1.68. The topological polar surface area (TPSA) is 34.9 Å². The molecule has 3 nitrogen and oxygen atoms in total. The highest BCUT2D eigenvalue weighted by Gasteiger charge is 2.15. The van der Waals surface area contributed by atoms with Gasteiger partial charge in [0.15, 0.2) is 0 Å². The summed E-state index contributed by atoms with van der Waals surface area (Å²) in [6.45, 7) is 1.86. The predicted molar refractivity (Wildman–Crippen MR) is 87.9 cm³/mol. The van der Waals surface area contributed by atoms with Crippen molar-refractivity contribution in [1.29, 1.82) is 0 Å². The molecule has 3 aromatic rings. The predicted octanol–water partition coefficient (Wildman–Crippen LogP) is 3.90. The molecule has 0 unspecified atom stereocenters.